The van der Waals surface area contributed by atoms with Crippen molar-refractivity contribution in [1.29, 1.82) is 0 Å². The molecular formula is C42H42N6O8S2. The Kier molecular flexibility index (Phi) is 11.7. The Labute approximate surface area is 343 Å². The quantitative estimate of drug-likeness (QED) is 0.0560. The molecule has 58 heavy (non-hydrogen) atoms. The third kappa shape index (κ3) is 8.34. The van der Waals surface area contributed by atoms with E-state index in [1.807, 2.05) is 91.0 Å². The van der Waals surface area contributed by atoms with Crippen LogP contribution in [0.2, 0.25) is 0 Å². The third-order valence-electron chi connectivity index (χ3n) is 9.52. The molecule has 3 N–H and O–H groups in total. The Hall–Kier alpha value is -6.00. The van der Waals surface area contributed by atoms with Crippen molar-refractivity contribution in [3.05, 3.63) is 130 Å². The van der Waals surface area contributed by atoms with Gasteiger partial charge in [0.2, 0.25) is 6.10 Å². The highest BCUT2D eigenvalue weighted by atomic mass is 32.2. The first-order valence-corrected chi connectivity index (χ1v) is 20.5. The maximum Gasteiger partial charge on any atom is 0.355 e. The topological polar surface area (TPSA) is 178 Å². The van der Waals surface area contributed by atoms with Crippen molar-refractivity contribution in [3.63, 3.8) is 0 Å². The lowest BCUT2D eigenvalue weighted by Crippen LogP contribution is -2.71. The molecule has 1 unspecified atom stereocenters. The zero-order valence-corrected chi connectivity index (χ0v) is 33.9. The van der Waals surface area contributed by atoms with Crippen LogP contribution in [-0.2, 0) is 43.8 Å². The molecule has 4 aromatic rings. The Morgan fingerprint density at radius 1 is 0.931 bits per heavy atom. The van der Waals surface area contributed by atoms with Gasteiger partial charge >= 0.3 is 11.9 Å². The number of oxime groups is 1. The maximum absolute atomic E-state index is 14.2. The minimum absolute atomic E-state index is 0.0196. The highest BCUT2D eigenvalue weighted by molar-refractivity contribution is 8.00. The van der Waals surface area contributed by atoms with Crippen LogP contribution >= 0.6 is 23.1 Å². The number of nitrogens with zero attached hydrogens (tertiary/aromatic N) is 3. The Morgan fingerprint density at radius 2 is 1.53 bits per heavy atom. The van der Waals surface area contributed by atoms with Crippen LogP contribution in [0.25, 0.3) is 0 Å². The number of β-lactam (4-membered cyclic amide) rings is 1. The molecule has 16 heteroatoms. The maximum atomic E-state index is 14.2. The number of hydrogen-bond acceptors (Lipinski definition) is 13. The van der Waals surface area contributed by atoms with E-state index < -0.39 is 52.4 Å². The monoisotopic (exact) mass is 822 g/mol. The number of amides is 3. The van der Waals surface area contributed by atoms with Crippen molar-refractivity contribution in [2.75, 3.05) is 24.2 Å². The van der Waals surface area contributed by atoms with Crippen molar-refractivity contribution in [3.8, 4) is 0 Å². The van der Waals surface area contributed by atoms with Crippen LogP contribution in [0.3, 0.4) is 0 Å². The minimum Gasteiger partial charge on any atom is -0.461 e. The number of rotatable bonds is 13. The van der Waals surface area contributed by atoms with Crippen LogP contribution in [0, 0.1) is 0 Å². The predicted octanol–water partition coefficient (Wildman–Crippen LogP) is 4.72. The number of thioether (sulfide) groups is 1. The number of hydrogen-bond donors (Lipinski definition) is 3. The van der Waals surface area contributed by atoms with E-state index in [2.05, 4.69) is 21.1 Å². The van der Waals surface area contributed by atoms with Crippen LogP contribution in [0.15, 0.2) is 113 Å². The minimum atomic E-state index is -1.07. The Morgan fingerprint density at radius 3 is 2.07 bits per heavy atom. The van der Waals surface area contributed by atoms with E-state index in [1.54, 1.807) is 26.2 Å². The van der Waals surface area contributed by atoms with E-state index in [-0.39, 0.29) is 35.4 Å². The average molecular weight is 823 g/mol. The number of aromatic nitrogens is 1. The fraction of sp³-hybridized carbons (Fsp3) is 0.310. The number of anilines is 1. The molecule has 0 radical (unpaired) electrons. The molecule has 4 heterocycles. The van der Waals surface area contributed by atoms with Crippen LogP contribution in [0.5, 0.6) is 0 Å². The molecule has 3 aromatic carbocycles. The first-order chi connectivity index (χ1) is 27.9. The average Bonchev–Trinajstić information content (AvgIpc) is 3.86. The standard InChI is InChI=1S/C42H42N6O8S2/c1-25(49)54-22-26-23-57-38-33(37(52)48(38)34(26)39(53)55-41(2,3)4)45-36(51)32(47-56-31-20-21-43-35(31)50)30-24-58-40(44-30)46-42(27-14-8-5-9-15-27,28-16-10-6-11-17-28)29-18-12-7-13-19-29/h5-19,24,31,33,38H,20-23H2,1-4H3,(H,43,50)(H,44,46)(H,45,51)/t31?,33-,38+/m0/s1. The molecule has 14 nitrogen and oxygen atoms in total. The number of fused-ring (bicyclic) bond motifs is 1. The van der Waals surface area contributed by atoms with E-state index in [9.17, 15) is 24.0 Å². The van der Waals surface area contributed by atoms with Gasteiger partial charge < -0.3 is 30.3 Å². The molecule has 3 aliphatic rings. The summed E-state index contributed by atoms with van der Waals surface area (Å²) in [5, 5.41) is 14.8. The summed E-state index contributed by atoms with van der Waals surface area (Å²) in [5.74, 6) is -2.76. The second kappa shape index (κ2) is 16.8. The van der Waals surface area contributed by atoms with Gasteiger partial charge in [-0.2, -0.15) is 0 Å². The van der Waals surface area contributed by atoms with Gasteiger partial charge in [0, 0.05) is 36.6 Å². The highest BCUT2D eigenvalue weighted by Gasteiger charge is 2.55. The summed E-state index contributed by atoms with van der Waals surface area (Å²) in [5.41, 5.74) is 1.33. The molecule has 3 aliphatic heterocycles. The van der Waals surface area contributed by atoms with E-state index in [0.29, 0.717) is 23.7 Å². The highest BCUT2D eigenvalue weighted by Crippen LogP contribution is 2.42. The van der Waals surface area contributed by atoms with Gasteiger partial charge in [-0.3, -0.25) is 24.1 Å². The Balaban J connectivity index is 1.20. The molecular weight excluding hydrogens is 781 g/mol. The second-order valence-corrected chi connectivity index (χ2v) is 16.7. The molecule has 0 saturated carbocycles. The van der Waals surface area contributed by atoms with Gasteiger partial charge in [0.15, 0.2) is 10.8 Å². The van der Waals surface area contributed by atoms with Crippen molar-refractivity contribution in [2.24, 2.45) is 5.16 Å². The number of ether oxygens (including phenoxy) is 2. The zero-order valence-electron chi connectivity index (χ0n) is 32.2. The number of esters is 2. The van der Waals surface area contributed by atoms with Gasteiger partial charge in [-0.1, -0.05) is 96.2 Å². The van der Waals surface area contributed by atoms with Crippen LogP contribution in [0.4, 0.5) is 5.13 Å². The summed E-state index contributed by atoms with van der Waals surface area (Å²) in [6.45, 7) is 6.56. The van der Waals surface area contributed by atoms with Gasteiger partial charge in [0.05, 0.1) is 0 Å². The van der Waals surface area contributed by atoms with Crippen LogP contribution in [0.1, 0.15) is 56.5 Å². The lowest BCUT2D eigenvalue weighted by atomic mass is 9.77. The largest absolute Gasteiger partial charge is 0.461 e. The second-order valence-electron chi connectivity index (χ2n) is 14.7. The summed E-state index contributed by atoms with van der Waals surface area (Å²) < 4.78 is 10.8. The lowest BCUT2D eigenvalue weighted by molar-refractivity contribution is -0.159. The summed E-state index contributed by atoms with van der Waals surface area (Å²) in [7, 11) is 0. The van der Waals surface area contributed by atoms with E-state index in [1.165, 1.54) is 34.9 Å². The third-order valence-corrected chi connectivity index (χ3v) is 11.6. The van der Waals surface area contributed by atoms with Gasteiger partial charge in [0.1, 0.15) is 40.6 Å². The lowest BCUT2D eigenvalue weighted by Gasteiger charge is -2.49. The van der Waals surface area contributed by atoms with E-state index in [4.69, 9.17) is 19.3 Å². The predicted molar refractivity (Wildman–Crippen MR) is 219 cm³/mol. The fourth-order valence-corrected chi connectivity index (χ4v) is 8.96. The van der Waals surface area contributed by atoms with Gasteiger partial charge in [0.25, 0.3) is 17.7 Å². The molecule has 0 aliphatic carbocycles. The molecule has 3 atom stereocenters. The molecule has 0 spiro atoms. The van der Waals surface area contributed by atoms with Crippen molar-refractivity contribution in [1.82, 2.24) is 20.5 Å². The van der Waals surface area contributed by atoms with Crippen LogP contribution < -0.4 is 16.0 Å². The van der Waals surface area contributed by atoms with Crippen molar-refractivity contribution >= 4 is 63.6 Å². The van der Waals surface area contributed by atoms with Crippen molar-refractivity contribution in [2.45, 2.75) is 62.8 Å². The molecule has 7 rings (SSSR count). The number of carbonyl (C=O) groups is 5. The molecule has 3 amide bonds. The van der Waals surface area contributed by atoms with Gasteiger partial charge in [-0.25, -0.2) is 9.78 Å². The van der Waals surface area contributed by atoms with Gasteiger partial charge in [-0.15, -0.1) is 23.1 Å². The summed E-state index contributed by atoms with van der Waals surface area (Å²) in [4.78, 5) is 77.3. The molecule has 1 aromatic heterocycles. The number of thiazole rings is 1. The first-order valence-electron chi connectivity index (χ1n) is 18.6. The molecule has 300 valence electrons. The summed E-state index contributed by atoms with van der Waals surface area (Å²) >= 11 is 2.54. The Bertz CT molecular complexity index is 2160. The zero-order chi connectivity index (χ0) is 41.0. The number of carbonyl (C=O) groups excluding carboxylic acids is 5. The fourth-order valence-electron chi connectivity index (χ4n) is 6.88. The van der Waals surface area contributed by atoms with Gasteiger partial charge in [-0.05, 0) is 37.5 Å². The molecule has 0 bridgehead atoms. The normalized spacial score (nSPS) is 19.4. The smallest absolute Gasteiger partial charge is 0.355 e. The summed E-state index contributed by atoms with van der Waals surface area (Å²) in [6.07, 6.45) is -0.577. The molecule has 2 saturated heterocycles. The van der Waals surface area contributed by atoms with E-state index in [0.717, 1.165) is 16.7 Å². The SMILES string of the molecule is CC(=O)OCC1=C(C(=O)OC(C)(C)C)N2C(=O)[C@H](NC(=O)C(=NOC3CCNC3=O)c3csc(NC(c4ccccc4)(c4ccccc4)c4ccccc4)n3)[C@H]2SC1. The van der Waals surface area contributed by atoms with Crippen molar-refractivity contribution < 1.29 is 38.3 Å². The number of nitrogens with one attached hydrogen (secondary N) is 3. The first kappa shape index (κ1) is 40.2. The number of benzene rings is 3. The molecule has 2 fully saturated rings. The summed E-state index contributed by atoms with van der Waals surface area (Å²) in [6, 6.07) is 28.8. The van der Waals surface area contributed by atoms with Crippen LogP contribution in [-0.4, -0.2) is 87.3 Å². The van der Waals surface area contributed by atoms with E-state index >= 15 is 0 Å².